The predicted molar refractivity (Wildman–Crippen MR) is 113 cm³/mol. The summed E-state index contributed by atoms with van der Waals surface area (Å²) in [7, 11) is 1.76. The van der Waals surface area contributed by atoms with Crippen LogP contribution in [0, 0.1) is 0 Å². The molecule has 150 valence electrons. The van der Waals surface area contributed by atoms with Crippen LogP contribution in [-0.4, -0.2) is 73.9 Å². The van der Waals surface area contributed by atoms with Crippen molar-refractivity contribution in [2.75, 3.05) is 51.2 Å². The maximum atomic E-state index is 12.5. The Morgan fingerprint density at radius 1 is 0.897 bits per heavy atom. The van der Waals surface area contributed by atoms with Crippen LogP contribution in [0.5, 0.6) is 0 Å². The molecule has 1 saturated heterocycles. The summed E-state index contributed by atoms with van der Waals surface area (Å²) in [6.45, 7) is 4.35. The molecule has 0 saturated carbocycles. The standard InChI is InChI=1S/C22H25N5O2/c1-23-22(26-15-13-25(14-16-26)17-7-3-2-4-8-17)24-11-12-27-20(28)18-9-5-6-10-19(18)21(27)29/h2-10H,11-16H2,1H3,(H,23,24). The summed E-state index contributed by atoms with van der Waals surface area (Å²) in [5.41, 5.74) is 2.21. The van der Waals surface area contributed by atoms with Crippen molar-refractivity contribution in [1.29, 1.82) is 0 Å². The van der Waals surface area contributed by atoms with Crippen molar-refractivity contribution in [1.82, 2.24) is 15.1 Å². The molecule has 7 nitrogen and oxygen atoms in total. The minimum atomic E-state index is -0.223. The van der Waals surface area contributed by atoms with Crippen LogP contribution >= 0.6 is 0 Å². The average Bonchev–Trinajstić information content (AvgIpc) is 3.02. The van der Waals surface area contributed by atoms with Crippen molar-refractivity contribution < 1.29 is 9.59 Å². The fourth-order valence-corrected chi connectivity index (χ4v) is 3.87. The van der Waals surface area contributed by atoms with Crippen LogP contribution in [0.4, 0.5) is 5.69 Å². The van der Waals surface area contributed by atoms with E-state index in [1.54, 1.807) is 31.3 Å². The third kappa shape index (κ3) is 3.81. The maximum Gasteiger partial charge on any atom is 0.261 e. The van der Waals surface area contributed by atoms with Gasteiger partial charge in [-0.25, -0.2) is 0 Å². The zero-order chi connectivity index (χ0) is 20.2. The van der Waals surface area contributed by atoms with Gasteiger partial charge in [-0.1, -0.05) is 30.3 Å². The van der Waals surface area contributed by atoms with E-state index in [9.17, 15) is 9.59 Å². The number of carbonyl (C=O) groups excluding carboxylic acids is 2. The molecule has 7 heteroatoms. The lowest BCUT2D eigenvalue weighted by atomic mass is 10.1. The van der Waals surface area contributed by atoms with Crippen molar-refractivity contribution >= 4 is 23.5 Å². The van der Waals surface area contributed by atoms with E-state index in [2.05, 4.69) is 44.4 Å². The first-order valence-electron chi connectivity index (χ1n) is 9.90. The number of nitrogens with one attached hydrogen (secondary N) is 1. The molecule has 2 aromatic carbocycles. The Balaban J connectivity index is 1.29. The van der Waals surface area contributed by atoms with E-state index in [0.717, 1.165) is 32.1 Å². The maximum absolute atomic E-state index is 12.5. The van der Waals surface area contributed by atoms with Gasteiger partial charge < -0.3 is 15.1 Å². The molecule has 2 heterocycles. The second-order valence-corrected chi connectivity index (χ2v) is 7.09. The second-order valence-electron chi connectivity index (χ2n) is 7.09. The predicted octanol–water partition coefficient (Wildman–Crippen LogP) is 1.68. The average molecular weight is 391 g/mol. The lowest BCUT2D eigenvalue weighted by Gasteiger charge is -2.37. The number of carbonyl (C=O) groups is 2. The summed E-state index contributed by atoms with van der Waals surface area (Å²) in [5.74, 6) is 0.354. The van der Waals surface area contributed by atoms with Crippen LogP contribution in [0.2, 0.25) is 0 Å². The number of guanidine groups is 1. The third-order valence-electron chi connectivity index (χ3n) is 5.41. The number of nitrogens with zero attached hydrogens (tertiary/aromatic N) is 4. The van der Waals surface area contributed by atoms with Gasteiger partial charge in [-0.2, -0.15) is 0 Å². The zero-order valence-electron chi connectivity index (χ0n) is 16.5. The number of hydrogen-bond acceptors (Lipinski definition) is 4. The van der Waals surface area contributed by atoms with Crippen LogP contribution in [0.1, 0.15) is 20.7 Å². The molecule has 0 atom stereocenters. The van der Waals surface area contributed by atoms with Gasteiger partial charge in [0.1, 0.15) is 0 Å². The van der Waals surface area contributed by atoms with Crippen molar-refractivity contribution in [3.63, 3.8) is 0 Å². The molecule has 4 rings (SSSR count). The monoisotopic (exact) mass is 391 g/mol. The van der Waals surface area contributed by atoms with E-state index in [4.69, 9.17) is 0 Å². The molecule has 2 aromatic rings. The Kier molecular flexibility index (Phi) is 5.46. The molecule has 2 aliphatic heterocycles. The second kappa shape index (κ2) is 8.34. The Bertz CT molecular complexity index is 885. The molecule has 0 aliphatic carbocycles. The third-order valence-corrected chi connectivity index (χ3v) is 5.41. The van der Waals surface area contributed by atoms with Crippen molar-refractivity contribution in [3.8, 4) is 0 Å². The van der Waals surface area contributed by atoms with Crippen LogP contribution in [0.25, 0.3) is 0 Å². The number of fused-ring (bicyclic) bond motifs is 1. The number of benzene rings is 2. The van der Waals surface area contributed by atoms with Crippen molar-refractivity contribution in [2.24, 2.45) is 4.99 Å². The molecular formula is C22H25N5O2. The van der Waals surface area contributed by atoms with Gasteiger partial charge in [-0.15, -0.1) is 0 Å². The van der Waals surface area contributed by atoms with Gasteiger partial charge in [0.25, 0.3) is 11.8 Å². The molecular weight excluding hydrogens is 366 g/mol. The number of anilines is 1. The van der Waals surface area contributed by atoms with Gasteiger partial charge >= 0.3 is 0 Å². The minimum absolute atomic E-state index is 0.223. The van der Waals surface area contributed by atoms with E-state index >= 15 is 0 Å². The van der Waals surface area contributed by atoms with Crippen LogP contribution in [0.15, 0.2) is 59.6 Å². The Morgan fingerprint density at radius 3 is 2.07 bits per heavy atom. The number of para-hydroxylation sites is 1. The van der Waals surface area contributed by atoms with Gasteiger partial charge in [0.05, 0.1) is 11.1 Å². The fraction of sp³-hybridized carbons (Fsp3) is 0.318. The summed E-state index contributed by atoms with van der Waals surface area (Å²) >= 11 is 0. The van der Waals surface area contributed by atoms with Gasteiger partial charge in [0, 0.05) is 52.0 Å². The van der Waals surface area contributed by atoms with Crippen LogP contribution < -0.4 is 10.2 Å². The number of amides is 2. The van der Waals surface area contributed by atoms with E-state index in [1.807, 2.05) is 6.07 Å². The number of imide groups is 1. The first-order chi connectivity index (χ1) is 14.2. The Hall–Kier alpha value is -3.35. The molecule has 0 bridgehead atoms. The van der Waals surface area contributed by atoms with Gasteiger partial charge in [-0.05, 0) is 24.3 Å². The summed E-state index contributed by atoms with van der Waals surface area (Å²) in [6, 6.07) is 17.4. The normalized spacial score (nSPS) is 17.0. The Labute approximate surface area is 170 Å². The van der Waals surface area contributed by atoms with E-state index < -0.39 is 0 Å². The molecule has 2 aliphatic rings. The molecule has 1 N–H and O–H groups in total. The highest BCUT2D eigenvalue weighted by Gasteiger charge is 2.34. The summed E-state index contributed by atoms with van der Waals surface area (Å²) in [6.07, 6.45) is 0. The smallest absolute Gasteiger partial charge is 0.261 e. The largest absolute Gasteiger partial charge is 0.368 e. The lowest BCUT2D eigenvalue weighted by Crippen LogP contribution is -2.53. The lowest BCUT2D eigenvalue weighted by molar-refractivity contribution is 0.0657. The summed E-state index contributed by atoms with van der Waals surface area (Å²) in [4.78, 5) is 35.2. The highest BCUT2D eigenvalue weighted by Crippen LogP contribution is 2.21. The molecule has 2 amide bonds. The van der Waals surface area contributed by atoms with E-state index in [-0.39, 0.29) is 11.8 Å². The van der Waals surface area contributed by atoms with Gasteiger partial charge in [0.2, 0.25) is 0 Å². The highest BCUT2D eigenvalue weighted by molar-refractivity contribution is 6.21. The molecule has 0 radical (unpaired) electrons. The summed E-state index contributed by atoms with van der Waals surface area (Å²) in [5, 5.41) is 3.30. The van der Waals surface area contributed by atoms with E-state index in [0.29, 0.717) is 24.2 Å². The Morgan fingerprint density at radius 2 is 1.48 bits per heavy atom. The quantitative estimate of drug-likeness (QED) is 0.488. The van der Waals surface area contributed by atoms with Gasteiger partial charge in [0.15, 0.2) is 5.96 Å². The van der Waals surface area contributed by atoms with Crippen molar-refractivity contribution in [2.45, 2.75) is 0 Å². The number of piperazine rings is 1. The molecule has 29 heavy (non-hydrogen) atoms. The zero-order valence-corrected chi connectivity index (χ0v) is 16.5. The molecule has 0 spiro atoms. The minimum Gasteiger partial charge on any atom is -0.368 e. The number of rotatable bonds is 4. The summed E-state index contributed by atoms with van der Waals surface area (Å²) < 4.78 is 0. The van der Waals surface area contributed by atoms with Crippen LogP contribution in [-0.2, 0) is 0 Å². The fourth-order valence-electron chi connectivity index (χ4n) is 3.87. The molecule has 0 unspecified atom stereocenters. The molecule has 0 aromatic heterocycles. The number of aliphatic imine (C=N–C) groups is 1. The number of hydrogen-bond donors (Lipinski definition) is 1. The van der Waals surface area contributed by atoms with E-state index in [1.165, 1.54) is 10.6 Å². The first kappa shape index (κ1) is 19.0. The van der Waals surface area contributed by atoms with Gasteiger partial charge in [-0.3, -0.25) is 19.5 Å². The van der Waals surface area contributed by atoms with Crippen molar-refractivity contribution in [3.05, 3.63) is 65.7 Å². The SMILES string of the molecule is CN=C(NCCN1C(=O)c2ccccc2C1=O)N1CCN(c2ccccc2)CC1. The topological polar surface area (TPSA) is 68.2 Å². The van der Waals surface area contributed by atoms with Crippen LogP contribution in [0.3, 0.4) is 0 Å². The first-order valence-corrected chi connectivity index (χ1v) is 9.90. The molecule has 1 fully saturated rings. The highest BCUT2D eigenvalue weighted by atomic mass is 16.2.